The first-order valence-electron chi connectivity index (χ1n) is 4.39. The van der Waals surface area contributed by atoms with Gasteiger partial charge in [0.25, 0.3) is 0 Å². The standard InChI is InChI=1S/C9H14ClN3/c1-3-13(7-6-10)9-5-4-8(2)11-12-9/h4-5H,3,6-7H2,1-2H3. The van der Waals surface area contributed by atoms with E-state index in [1.165, 1.54) is 0 Å². The number of hydrogen-bond donors (Lipinski definition) is 0. The molecule has 0 aliphatic heterocycles. The van der Waals surface area contributed by atoms with Gasteiger partial charge >= 0.3 is 0 Å². The second kappa shape index (κ2) is 5.02. The Hall–Kier alpha value is -0.830. The van der Waals surface area contributed by atoms with Crippen LogP contribution in [0.5, 0.6) is 0 Å². The minimum absolute atomic E-state index is 0.614. The van der Waals surface area contributed by atoms with E-state index in [-0.39, 0.29) is 0 Å². The lowest BCUT2D eigenvalue weighted by molar-refractivity contribution is 0.821. The molecule has 0 atom stereocenters. The quantitative estimate of drug-likeness (QED) is 0.694. The topological polar surface area (TPSA) is 29.0 Å². The van der Waals surface area contributed by atoms with Crippen LogP contribution in [0.3, 0.4) is 0 Å². The van der Waals surface area contributed by atoms with Gasteiger partial charge in [-0.15, -0.1) is 16.7 Å². The lowest BCUT2D eigenvalue weighted by atomic mass is 10.4. The fraction of sp³-hybridized carbons (Fsp3) is 0.556. The first-order chi connectivity index (χ1) is 6.27. The van der Waals surface area contributed by atoms with Crippen molar-refractivity contribution in [2.45, 2.75) is 13.8 Å². The molecule has 13 heavy (non-hydrogen) atoms. The maximum Gasteiger partial charge on any atom is 0.151 e. The minimum Gasteiger partial charge on any atom is -0.354 e. The van der Waals surface area contributed by atoms with Gasteiger partial charge in [0.05, 0.1) is 5.69 Å². The van der Waals surface area contributed by atoms with E-state index in [0.29, 0.717) is 5.88 Å². The summed E-state index contributed by atoms with van der Waals surface area (Å²) in [5, 5.41) is 8.08. The van der Waals surface area contributed by atoms with Crippen molar-refractivity contribution in [2.75, 3.05) is 23.9 Å². The Balaban J connectivity index is 2.73. The van der Waals surface area contributed by atoms with Gasteiger partial charge in [0.15, 0.2) is 5.82 Å². The molecule has 0 aliphatic carbocycles. The van der Waals surface area contributed by atoms with Crippen molar-refractivity contribution < 1.29 is 0 Å². The molecule has 0 saturated carbocycles. The first kappa shape index (κ1) is 10.3. The van der Waals surface area contributed by atoms with Crippen molar-refractivity contribution in [2.24, 2.45) is 0 Å². The molecule has 0 unspecified atom stereocenters. The van der Waals surface area contributed by atoms with Gasteiger partial charge in [-0.1, -0.05) is 0 Å². The summed E-state index contributed by atoms with van der Waals surface area (Å²) in [5.74, 6) is 1.51. The highest BCUT2D eigenvalue weighted by molar-refractivity contribution is 6.18. The normalized spacial score (nSPS) is 10.1. The highest BCUT2D eigenvalue weighted by Gasteiger charge is 2.04. The van der Waals surface area contributed by atoms with E-state index in [1.807, 2.05) is 19.1 Å². The van der Waals surface area contributed by atoms with Crippen molar-refractivity contribution >= 4 is 17.4 Å². The molecule has 0 saturated heterocycles. The molecule has 1 aromatic rings. The molecule has 0 radical (unpaired) electrons. The predicted molar refractivity (Wildman–Crippen MR) is 55.4 cm³/mol. The van der Waals surface area contributed by atoms with Crippen molar-refractivity contribution in [1.82, 2.24) is 10.2 Å². The maximum atomic E-state index is 5.67. The number of aromatic nitrogens is 2. The van der Waals surface area contributed by atoms with Crippen molar-refractivity contribution in [3.8, 4) is 0 Å². The van der Waals surface area contributed by atoms with Crippen LogP contribution in [0.1, 0.15) is 12.6 Å². The van der Waals surface area contributed by atoms with Crippen LogP contribution in [-0.2, 0) is 0 Å². The summed E-state index contributed by atoms with van der Waals surface area (Å²) in [7, 11) is 0. The summed E-state index contributed by atoms with van der Waals surface area (Å²) in [5.41, 5.74) is 0.936. The third-order valence-electron chi connectivity index (χ3n) is 1.84. The highest BCUT2D eigenvalue weighted by atomic mass is 35.5. The molecule has 0 bridgehead atoms. The van der Waals surface area contributed by atoms with E-state index in [2.05, 4.69) is 22.0 Å². The van der Waals surface area contributed by atoms with Crippen LogP contribution in [0, 0.1) is 6.92 Å². The molecule has 0 fully saturated rings. The summed E-state index contributed by atoms with van der Waals surface area (Å²) in [6.45, 7) is 5.73. The van der Waals surface area contributed by atoms with Crippen LogP contribution in [0.4, 0.5) is 5.82 Å². The molecule has 0 spiro atoms. The molecule has 0 N–H and O–H groups in total. The molecular formula is C9H14ClN3. The van der Waals surface area contributed by atoms with E-state index >= 15 is 0 Å². The Morgan fingerprint density at radius 1 is 1.38 bits per heavy atom. The molecule has 0 amide bonds. The van der Waals surface area contributed by atoms with Crippen molar-refractivity contribution in [3.05, 3.63) is 17.8 Å². The fourth-order valence-corrected chi connectivity index (χ4v) is 1.30. The summed E-state index contributed by atoms with van der Waals surface area (Å²) >= 11 is 5.67. The number of aryl methyl sites for hydroxylation is 1. The molecule has 4 heteroatoms. The van der Waals surface area contributed by atoms with Crippen LogP contribution in [0.2, 0.25) is 0 Å². The number of nitrogens with zero attached hydrogens (tertiary/aromatic N) is 3. The number of anilines is 1. The maximum absolute atomic E-state index is 5.67. The molecule has 3 nitrogen and oxygen atoms in total. The number of rotatable bonds is 4. The van der Waals surface area contributed by atoms with Gasteiger partial charge in [-0.25, -0.2) is 0 Å². The van der Waals surface area contributed by atoms with Gasteiger partial charge < -0.3 is 4.90 Å². The van der Waals surface area contributed by atoms with Crippen LogP contribution in [-0.4, -0.2) is 29.2 Å². The van der Waals surface area contributed by atoms with Gasteiger partial charge in [-0.3, -0.25) is 0 Å². The second-order valence-corrected chi connectivity index (χ2v) is 3.18. The SMILES string of the molecule is CCN(CCCl)c1ccc(C)nn1. The average molecular weight is 200 g/mol. The van der Waals surface area contributed by atoms with E-state index in [0.717, 1.165) is 24.6 Å². The zero-order chi connectivity index (χ0) is 9.68. The third-order valence-corrected chi connectivity index (χ3v) is 2.01. The van der Waals surface area contributed by atoms with E-state index < -0.39 is 0 Å². The Kier molecular flexibility index (Phi) is 3.96. The predicted octanol–water partition coefficient (Wildman–Crippen LogP) is 1.85. The summed E-state index contributed by atoms with van der Waals surface area (Å²) in [6, 6.07) is 3.93. The van der Waals surface area contributed by atoms with E-state index in [1.54, 1.807) is 0 Å². The van der Waals surface area contributed by atoms with Gasteiger partial charge in [0.1, 0.15) is 0 Å². The van der Waals surface area contributed by atoms with Crippen LogP contribution >= 0.6 is 11.6 Å². The number of hydrogen-bond acceptors (Lipinski definition) is 3. The Morgan fingerprint density at radius 2 is 2.15 bits per heavy atom. The van der Waals surface area contributed by atoms with Gasteiger partial charge in [0.2, 0.25) is 0 Å². The molecular weight excluding hydrogens is 186 g/mol. The number of halogens is 1. The van der Waals surface area contributed by atoms with E-state index in [4.69, 9.17) is 11.6 Å². The van der Waals surface area contributed by atoms with Crippen molar-refractivity contribution in [1.29, 1.82) is 0 Å². The lowest BCUT2D eigenvalue weighted by Gasteiger charge is -2.19. The Bertz CT molecular complexity index is 248. The molecule has 0 aromatic carbocycles. The largest absolute Gasteiger partial charge is 0.354 e. The highest BCUT2D eigenvalue weighted by Crippen LogP contribution is 2.08. The van der Waals surface area contributed by atoms with Gasteiger partial charge in [-0.05, 0) is 26.0 Å². The smallest absolute Gasteiger partial charge is 0.151 e. The third kappa shape index (κ3) is 2.84. The molecule has 72 valence electrons. The van der Waals surface area contributed by atoms with Gasteiger partial charge in [0, 0.05) is 19.0 Å². The van der Waals surface area contributed by atoms with Crippen LogP contribution in [0.25, 0.3) is 0 Å². The molecule has 1 rings (SSSR count). The zero-order valence-electron chi connectivity index (χ0n) is 8.00. The second-order valence-electron chi connectivity index (χ2n) is 2.80. The van der Waals surface area contributed by atoms with E-state index in [9.17, 15) is 0 Å². The first-order valence-corrected chi connectivity index (χ1v) is 4.92. The van der Waals surface area contributed by atoms with Crippen LogP contribution in [0.15, 0.2) is 12.1 Å². The molecule has 1 aromatic heterocycles. The monoisotopic (exact) mass is 199 g/mol. The Morgan fingerprint density at radius 3 is 2.62 bits per heavy atom. The summed E-state index contributed by atoms with van der Waals surface area (Å²) in [4.78, 5) is 2.10. The zero-order valence-corrected chi connectivity index (χ0v) is 8.75. The lowest BCUT2D eigenvalue weighted by Crippen LogP contribution is -2.26. The average Bonchev–Trinajstić information content (AvgIpc) is 2.16. The minimum atomic E-state index is 0.614. The molecule has 0 aliphatic rings. The fourth-order valence-electron chi connectivity index (χ4n) is 1.10. The Labute approximate surface area is 83.7 Å². The summed E-state index contributed by atoms with van der Waals surface area (Å²) in [6.07, 6.45) is 0. The molecule has 1 heterocycles. The summed E-state index contributed by atoms with van der Waals surface area (Å²) < 4.78 is 0. The van der Waals surface area contributed by atoms with Crippen molar-refractivity contribution in [3.63, 3.8) is 0 Å². The van der Waals surface area contributed by atoms with Gasteiger partial charge in [-0.2, -0.15) is 5.10 Å². The van der Waals surface area contributed by atoms with Crippen LogP contribution < -0.4 is 4.90 Å². The number of alkyl halides is 1.